The van der Waals surface area contributed by atoms with Crippen LogP contribution in [0.5, 0.6) is 23.0 Å². The molecule has 2 atom stereocenters. The van der Waals surface area contributed by atoms with Gasteiger partial charge in [-0.05, 0) is 134 Å². The maximum Gasteiger partial charge on any atom is 0.343 e. The summed E-state index contributed by atoms with van der Waals surface area (Å²) in [6.45, 7) is 10.1. The number of hydrogen-bond acceptors (Lipinski definition) is 10. The molecule has 4 aromatic carbocycles. The van der Waals surface area contributed by atoms with E-state index in [1.807, 2.05) is 36.4 Å². The molecule has 0 spiro atoms. The molecule has 0 amide bonds. The molecule has 0 N–H and O–H groups in total. The fourth-order valence-corrected chi connectivity index (χ4v) is 6.99. The Balaban J connectivity index is 0.841. The van der Waals surface area contributed by atoms with Crippen LogP contribution in [-0.4, -0.2) is 77.0 Å². The molecule has 2 heterocycles. The van der Waals surface area contributed by atoms with Crippen LogP contribution in [0.3, 0.4) is 0 Å². The lowest BCUT2D eigenvalue weighted by Gasteiger charge is -2.22. The van der Waals surface area contributed by atoms with Crippen molar-refractivity contribution in [2.24, 2.45) is 0 Å². The Labute approximate surface area is 335 Å². The number of rotatable bonds is 24. The first kappa shape index (κ1) is 40.5. The first-order valence-electron chi connectivity index (χ1n) is 20.4. The van der Waals surface area contributed by atoms with Crippen molar-refractivity contribution in [3.8, 4) is 34.1 Å². The van der Waals surface area contributed by atoms with Crippen molar-refractivity contribution in [2.45, 2.75) is 82.8 Å². The first-order chi connectivity index (χ1) is 27.8. The minimum absolute atomic E-state index is 0.321. The third-order valence-corrected chi connectivity index (χ3v) is 10.5. The van der Waals surface area contributed by atoms with Crippen molar-refractivity contribution in [3.63, 3.8) is 0 Å². The minimum atomic E-state index is -0.438. The molecule has 0 aromatic heterocycles. The van der Waals surface area contributed by atoms with Gasteiger partial charge in [0.25, 0.3) is 0 Å². The molecule has 0 bridgehead atoms. The average molecular weight is 779 g/mol. The lowest BCUT2D eigenvalue weighted by atomic mass is 9.82. The molecule has 10 nitrogen and oxygen atoms in total. The van der Waals surface area contributed by atoms with E-state index in [1.54, 1.807) is 48.5 Å². The second kappa shape index (κ2) is 19.6. The van der Waals surface area contributed by atoms with Crippen LogP contribution in [0.15, 0.2) is 84.9 Å². The molecular formula is C47H54O10. The summed E-state index contributed by atoms with van der Waals surface area (Å²) in [6, 6.07) is 25.6. The van der Waals surface area contributed by atoms with Crippen molar-refractivity contribution in [2.75, 3.05) is 52.9 Å². The van der Waals surface area contributed by atoms with E-state index in [2.05, 4.69) is 13.8 Å². The zero-order valence-electron chi connectivity index (χ0n) is 33.1. The summed E-state index contributed by atoms with van der Waals surface area (Å²) in [5.74, 6) is 1.49. The van der Waals surface area contributed by atoms with Crippen molar-refractivity contribution < 1.29 is 47.5 Å². The standard InChI is InChI=1S/C47H54O10/c1-47(2)43-27-37(56-45(48)33-11-15-35(16-12-33)52-25-9-5-3-7-23-50-29-39-31-54-39)19-21-41(43)42-22-20-38(28-44(42)47)57-46(49)34-13-17-36(18-14-34)53-26-10-6-4-8-24-51-30-40-32-55-40/h11-22,27-28,39-40H,3-10,23-26,29-32H2,1-2H3. The number of unbranched alkanes of at least 4 members (excludes halogenated alkanes) is 6. The molecule has 2 fully saturated rings. The molecule has 2 aliphatic heterocycles. The normalized spacial score (nSPS) is 17.0. The van der Waals surface area contributed by atoms with E-state index in [1.165, 1.54) is 0 Å². The Hall–Kier alpha value is -4.74. The molecular weight excluding hydrogens is 725 g/mol. The SMILES string of the molecule is CC1(C)c2cc(OC(=O)c3ccc(OCCCCCCOCC4CO4)cc3)ccc2-c2ccc(OC(=O)c3ccc(OCCCCCCOCC4CO4)cc3)cc21. The third kappa shape index (κ3) is 11.7. The molecule has 2 unspecified atom stereocenters. The van der Waals surface area contributed by atoms with Crippen LogP contribution in [0.1, 0.15) is 97.1 Å². The number of ether oxygens (including phenoxy) is 8. The molecule has 2 saturated heterocycles. The van der Waals surface area contributed by atoms with E-state index in [9.17, 15) is 9.59 Å². The summed E-state index contributed by atoms with van der Waals surface area (Å²) in [6.07, 6.45) is 9.00. The molecule has 4 aromatic rings. The molecule has 7 rings (SSSR count). The fraction of sp³-hybridized carbons (Fsp3) is 0.447. The summed E-state index contributed by atoms with van der Waals surface area (Å²) < 4.78 is 44.9. The van der Waals surface area contributed by atoms with E-state index >= 15 is 0 Å². The Morgan fingerprint density at radius 3 is 1.28 bits per heavy atom. The fourth-order valence-electron chi connectivity index (χ4n) is 6.99. The third-order valence-electron chi connectivity index (χ3n) is 10.5. The van der Waals surface area contributed by atoms with Gasteiger partial charge in [0, 0.05) is 18.6 Å². The van der Waals surface area contributed by atoms with E-state index in [-0.39, 0.29) is 0 Å². The van der Waals surface area contributed by atoms with Gasteiger partial charge in [0.05, 0.1) is 50.8 Å². The van der Waals surface area contributed by atoms with Gasteiger partial charge in [0.15, 0.2) is 0 Å². The van der Waals surface area contributed by atoms with Crippen LogP contribution in [0.25, 0.3) is 11.1 Å². The highest BCUT2D eigenvalue weighted by Gasteiger charge is 2.36. The number of esters is 2. The van der Waals surface area contributed by atoms with E-state index < -0.39 is 17.4 Å². The molecule has 57 heavy (non-hydrogen) atoms. The van der Waals surface area contributed by atoms with Crippen LogP contribution < -0.4 is 18.9 Å². The second-order valence-corrected chi connectivity index (χ2v) is 15.5. The van der Waals surface area contributed by atoms with Crippen molar-refractivity contribution in [3.05, 3.63) is 107 Å². The number of fused-ring (bicyclic) bond motifs is 3. The van der Waals surface area contributed by atoms with E-state index in [0.717, 1.165) is 112 Å². The van der Waals surface area contributed by atoms with Crippen LogP contribution in [0.4, 0.5) is 0 Å². The van der Waals surface area contributed by atoms with Gasteiger partial charge in [-0.2, -0.15) is 0 Å². The van der Waals surface area contributed by atoms with E-state index in [4.69, 9.17) is 37.9 Å². The quantitative estimate of drug-likeness (QED) is 0.0295. The van der Waals surface area contributed by atoms with E-state index in [0.29, 0.717) is 61.3 Å². The number of carbonyl (C=O) groups excluding carboxylic acids is 2. The summed E-state index contributed by atoms with van der Waals surface area (Å²) in [5.41, 5.74) is 4.62. The molecule has 1 aliphatic carbocycles. The second-order valence-electron chi connectivity index (χ2n) is 15.5. The predicted octanol–water partition coefficient (Wildman–Crippen LogP) is 9.14. The highest BCUT2D eigenvalue weighted by atomic mass is 16.6. The predicted molar refractivity (Wildman–Crippen MR) is 216 cm³/mol. The zero-order valence-corrected chi connectivity index (χ0v) is 33.1. The number of benzene rings is 4. The number of carbonyl (C=O) groups is 2. The minimum Gasteiger partial charge on any atom is -0.494 e. The largest absolute Gasteiger partial charge is 0.494 e. The summed E-state index contributed by atoms with van der Waals surface area (Å²) in [7, 11) is 0. The molecule has 10 heteroatoms. The Kier molecular flexibility index (Phi) is 13.9. The Morgan fingerprint density at radius 1 is 0.526 bits per heavy atom. The molecule has 0 radical (unpaired) electrons. The summed E-state index contributed by atoms with van der Waals surface area (Å²) >= 11 is 0. The number of hydrogen-bond donors (Lipinski definition) is 0. The van der Waals surface area contributed by atoms with Gasteiger partial charge in [-0.15, -0.1) is 0 Å². The van der Waals surface area contributed by atoms with Gasteiger partial charge in [-0.25, -0.2) is 9.59 Å². The summed E-state index contributed by atoms with van der Waals surface area (Å²) in [5, 5.41) is 0. The van der Waals surface area contributed by atoms with Crippen molar-refractivity contribution >= 4 is 11.9 Å². The monoisotopic (exact) mass is 778 g/mol. The topological polar surface area (TPSA) is 115 Å². The summed E-state index contributed by atoms with van der Waals surface area (Å²) in [4.78, 5) is 26.2. The van der Waals surface area contributed by atoms with Crippen LogP contribution >= 0.6 is 0 Å². The first-order valence-corrected chi connectivity index (χ1v) is 20.4. The van der Waals surface area contributed by atoms with Gasteiger partial charge in [0.2, 0.25) is 0 Å². The van der Waals surface area contributed by atoms with Gasteiger partial charge in [-0.3, -0.25) is 0 Å². The van der Waals surface area contributed by atoms with Crippen LogP contribution in [0.2, 0.25) is 0 Å². The zero-order chi connectivity index (χ0) is 39.5. The van der Waals surface area contributed by atoms with Crippen molar-refractivity contribution in [1.29, 1.82) is 0 Å². The molecule has 302 valence electrons. The highest BCUT2D eigenvalue weighted by molar-refractivity contribution is 5.92. The van der Waals surface area contributed by atoms with Crippen LogP contribution in [-0.2, 0) is 24.4 Å². The Bertz CT molecular complexity index is 1790. The van der Waals surface area contributed by atoms with Gasteiger partial charge in [-0.1, -0.05) is 38.8 Å². The Morgan fingerprint density at radius 2 is 0.895 bits per heavy atom. The lowest BCUT2D eigenvalue weighted by molar-refractivity contribution is 0.0725. The van der Waals surface area contributed by atoms with Crippen molar-refractivity contribution in [1.82, 2.24) is 0 Å². The van der Waals surface area contributed by atoms with Gasteiger partial charge >= 0.3 is 11.9 Å². The average Bonchev–Trinajstić information content (AvgIpc) is 4.17. The maximum atomic E-state index is 13.1. The molecule has 3 aliphatic rings. The van der Waals surface area contributed by atoms with Gasteiger partial charge < -0.3 is 37.9 Å². The lowest BCUT2D eigenvalue weighted by Crippen LogP contribution is -2.16. The highest BCUT2D eigenvalue weighted by Crippen LogP contribution is 2.50. The molecule has 0 saturated carbocycles. The smallest absolute Gasteiger partial charge is 0.343 e. The number of epoxide rings is 2. The van der Waals surface area contributed by atoms with Crippen LogP contribution in [0, 0.1) is 0 Å². The maximum absolute atomic E-state index is 13.1. The van der Waals surface area contributed by atoms with Gasteiger partial charge in [0.1, 0.15) is 35.2 Å².